The predicted octanol–water partition coefficient (Wildman–Crippen LogP) is 3.81. The molecule has 1 rings (SSSR count). The minimum atomic E-state index is -0.921. The van der Waals surface area contributed by atoms with Crippen LogP contribution in [-0.2, 0) is 11.2 Å². The van der Waals surface area contributed by atoms with E-state index in [1.807, 2.05) is 30.3 Å². The Morgan fingerprint density at radius 3 is 2.52 bits per heavy atom. The van der Waals surface area contributed by atoms with Crippen LogP contribution in [0.4, 0.5) is 0 Å². The van der Waals surface area contributed by atoms with Crippen molar-refractivity contribution >= 4 is 51.2 Å². The van der Waals surface area contributed by atoms with Crippen LogP contribution in [0.15, 0.2) is 30.3 Å². The Kier molecular flexibility index (Phi) is 6.96. The summed E-state index contributed by atoms with van der Waals surface area (Å²) in [7, 11) is 0. The van der Waals surface area contributed by atoms with Crippen LogP contribution < -0.4 is 0 Å². The van der Waals surface area contributed by atoms with Crippen molar-refractivity contribution < 1.29 is 9.90 Å². The van der Waals surface area contributed by atoms with Gasteiger partial charge in [-0.1, -0.05) is 66.5 Å². The van der Waals surface area contributed by atoms with Gasteiger partial charge >= 0.3 is 5.97 Å². The van der Waals surface area contributed by atoms with E-state index in [0.717, 1.165) is 5.56 Å². The van der Waals surface area contributed by atoms with Crippen LogP contribution in [0.3, 0.4) is 0 Å². The molecule has 0 aliphatic carbocycles. The Balaban J connectivity index is 2.64. The smallest absolute Gasteiger partial charge is 0.303 e. The van der Waals surface area contributed by atoms with E-state index in [1.165, 1.54) is 11.8 Å². The Hall–Kier alpha value is -1.29. The van der Waals surface area contributed by atoms with Gasteiger partial charge in [-0.25, -0.2) is 0 Å². The second-order valence-corrected chi connectivity index (χ2v) is 7.38. The Morgan fingerprint density at radius 1 is 1.38 bits per heavy atom. The third kappa shape index (κ3) is 6.34. The van der Waals surface area contributed by atoms with Crippen LogP contribution in [-0.4, -0.2) is 24.9 Å². The van der Waals surface area contributed by atoms with Crippen molar-refractivity contribution in [2.75, 3.05) is 0 Å². The van der Waals surface area contributed by atoms with Gasteiger partial charge in [-0.15, -0.1) is 0 Å². The zero-order chi connectivity index (χ0) is 15.9. The molecular formula is C15H15NO2S3. The minimum Gasteiger partial charge on any atom is -0.481 e. The van der Waals surface area contributed by atoms with E-state index in [9.17, 15) is 10.1 Å². The third-order valence-electron chi connectivity index (χ3n) is 2.81. The fourth-order valence-electron chi connectivity index (χ4n) is 1.59. The molecule has 0 saturated carbocycles. The van der Waals surface area contributed by atoms with E-state index in [2.05, 4.69) is 6.07 Å². The Bertz CT molecular complexity index is 580. The summed E-state index contributed by atoms with van der Waals surface area (Å²) in [4.78, 5) is 11.3. The number of carbonyl (C=O) groups is 1. The molecule has 0 aromatic heterocycles. The highest BCUT2D eigenvalue weighted by Crippen LogP contribution is 2.31. The quantitative estimate of drug-likeness (QED) is 0.764. The van der Waals surface area contributed by atoms with Gasteiger partial charge in [0.05, 0.1) is 10.3 Å². The van der Waals surface area contributed by atoms with Crippen molar-refractivity contribution in [1.82, 2.24) is 0 Å². The van der Waals surface area contributed by atoms with Crippen molar-refractivity contribution in [3.63, 3.8) is 0 Å². The molecule has 110 valence electrons. The molecular weight excluding hydrogens is 322 g/mol. The number of hydrogen-bond acceptors (Lipinski definition) is 5. The molecule has 0 bridgehead atoms. The van der Waals surface area contributed by atoms with Crippen LogP contribution in [0.2, 0.25) is 0 Å². The highest BCUT2D eigenvalue weighted by molar-refractivity contribution is 8.27. The van der Waals surface area contributed by atoms with E-state index in [0.29, 0.717) is 15.5 Å². The maximum atomic E-state index is 10.6. The summed E-state index contributed by atoms with van der Waals surface area (Å²) in [6.07, 6.45) is 0.727. The number of rotatable bonds is 7. The second-order valence-electron chi connectivity index (χ2n) is 4.71. The van der Waals surface area contributed by atoms with Crippen LogP contribution in [0.25, 0.3) is 0 Å². The molecule has 1 aromatic rings. The van der Waals surface area contributed by atoms with Crippen molar-refractivity contribution in [2.24, 2.45) is 0 Å². The first-order valence-electron chi connectivity index (χ1n) is 6.29. The lowest BCUT2D eigenvalue weighted by atomic mass is 10.1. The molecule has 1 N–H and O–H groups in total. The molecule has 3 nitrogen and oxygen atoms in total. The molecule has 21 heavy (non-hydrogen) atoms. The summed E-state index contributed by atoms with van der Waals surface area (Å²) in [5.74, 6) is -0.921. The van der Waals surface area contributed by atoms with Crippen molar-refractivity contribution in [2.45, 2.75) is 30.9 Å². The van der Waals surface area contributed by atoms with Gasteiger partial charge < -0.3 is 5.11 Å². The molecule has 1 unspecified atom stereocenters. The van der Waals surface area contributed by atoms with Gasteiger partial charge in [-0.3, -0.25) is 4.79 Å². The standard InChI is InChI=1S/C15H15NO2S3/c1-15(10-16,8-7-13(17)18)21-14(20)12(19)9-11-5-3-2-4-6-11/h2-6H,7-9H2,1H3,(H,17,18). The number of aliphatic carboxylic acids is 1. The maximum Gasteiger partial charge on any atom is 0.303 e. The van der Waals surface area contributed by atoms with Gasteiger partial charge in [0.25, 0.3) is 0 Å². The first-order chi connectivity index (χ1) is 9.86. The maximum absolute atomic E-state index is 10.6. The molecule has 0 amide bonds. The average molecular weight is 337 g/mol. The zero-order valence-electron chi connectivity index (χ0n) is 11.5. The molecule has 0 heterocycles. The second kappa shape index (κ2) is 8.23. The van der Waals surface area contributed by atoms with E-state index in [1.54, 1.807) is 6.92 Å². The molecule has 0 aliphatic rings. The number of nitriles is 1. The highest BCUT2D eigenvalue weighted by atomic mass is 32.2. The molecule has 0 spiro atoms. The van der Waals surface area contributed by atoms with Crippen molar-refractivity contribution in [3.05, 3.63) is 35.9 Å². The lowest BCUT2D eigenvalue weighted by molar-refractivity contribution is -0.137. The number of benzene rings is 1. The number of thiocarbonyl (C=S) groups is 2. The van der Waals surface area contributed by atoms with E-state index in [4.69, 9.17) is 29.5 Å². The van der Waals surface area contributed by atoms with Gasteiger partial charge in [-0.05, 0) is 18.9 Å². The topological polar surface area (TPSA) is 61.1 Å². The number of carboxylic acids is 1. The molecule has 0 saturated heterocycles. The number of carboxylic acid groups (broad SMARTS) is 1. The summed E-state index contributed by atoms with van der Waals surface area (Å²) in [6.45, 7) is 1.69. The summed E-state index contributed by atoms with van der Waals surface area (Å²) in [6, 6.07) is 11.9. The lowest BCUT2D eigenvalue weighted by Gasteiger charge is -2.20. The van der Waals surface area contributed by atoms with E-state index < -0.39 is 10.7 Å². The van der Waals surface area contributed by atoms with Crippen LogP contribution in [0.1, 0.15) is 25.3 Å². The minimum absolute atomic E-state index is 0.0644. The summed E-state index contributed by atoms with van der Waals surface area (Å²) < 4.78 is -0.376. The molecule has 6 heteroatoms. The van der Waals surface area contributed by atoms with Crippen LogP contribution >= 0.6 is 36.2 Å². The monoisotopic (exact) mass is 337 g/mol. The Labute approximate surface area is 139 Å². The van der Waals surface area contributed by atoms with Gasteiger partial charge in [0.15, 0.2) is 0 Å². The van der Waals surface area contributed by atoms with Crippen LogP contribution in [0, 0.1) is 11.3 Å². The number of hydrogen-bond donors (Lipinski definition) is 1. The zero-order valence-corrected chi connectivity index (χ0v) is 14.0. The van der Waals surface area contributed by atoms with Gasteiger partial charge in [0.2, 0.25) is 0 Å². The van der Waals surface area contributed by atoms with Crippen LogP contribution in [0.5, 0.6) is 0 Å². The first kappa shape index (κ1) is 17.8. The highest BCUT2D eigenvalue weighted by Gasteiger charge is 2.28. The SMILES string of the molecule is CC(C#N)(CCC(=O)O)SC(=S)C(=S)Cc1ccccc1. The normalized spacial score (nSPS) is 13.0. The molecule has 1 atom stereocenters. The molecule has 1 aromatic carbocycles. The average Bonchev–Trinajstić information content (AvgIpc) is 2.46. The first-order valence-corrected chi connectivity index (χ1v) is 7.93. The summed E-state index contributed by atoms with van der Waals surface area (Å²) in [5, 5.41) is 18.0. The lowest BCUT2D eigenvalue weighted by Crippen LogP contribution is -2.23. The summed E-state index contributed by atoms with van der Waals surface area (Å²) in [5.41, 5.74) is 1.06. The third-order valence-corrected chi connectivity index (χ3v) is 5.09. The molecule has 0 fully saturated rings. The molecule has 0 aliphatic heterocycles. The van der Waals surface area contributed by atoms with Gasteiger partial charge in [0.1, 0.15) is 4.75 Å². The predicted molar refractivity (Wildman–Crippen MR) is 93.8 cm³/mol. The molecule has 0 radical (unpaired) electrons. The summed E-state index contributed by atoms with van der Waals surface area (Å²) >= 11 is 11.8. The number of nitrogens with zero attached hydrogens (tertiary/aromatic N) is 1. The van der Waals surface area contributed by atoms with E-state index in [-0.39, 0.29) is 12.8 Å². The fraction of sp³-hybridized carbons (Fsp3) is 0.333. The number of thioether (sulfide) groups is 1. The van der Waals surface area contributed by atoms with E-state index >= 15 is 0 Å². The van der Waals surface area contributed by atoms with Crippen molar-refractivity contribution in [1.29, 1.82) is 5.26 Å². The van der Waals surface area contributed by atoms with Gasteiger partial charge in [-0.2, -0.15) is 5.26 Å². The van der Waals surface area contributed by atoms with Crippen molar-refractivity contribution in [3.8, 4) is 6.07 Å². The fourth-order valence-corrected chi connectivity index (χ4v) is 3.35. The van der Waals surface area contributed by atoms with Gasteiger partial charge in [0, 0.05) is 17.7 Å². The largest absolute Gasteiger partial charge is 0.481 e. The Morgan fingerprint density at radius 2 is 2.00 bits per heavy atom.